The van der Waals surface area contributed by atoms with E-state index in [4.69, 9.17) is 4.98 Å². The fourth-order valence-corrected chi connectivity index (χ4v) is 3.53. The number of fused-ring (bicyclic) bond motifs is 1. The highest BCUT2D eigenvalue weighted by atomic mass is 127. The van der Waals surface area contributed by atoms with Gasteiger partial charge in [0.1, 0.15) is 5.82 Å². The highest BCUT2D eigenvalue weighted by molar-refractivity contribution is 14.0. The second kappa shape index (κ2) is 10.8. The van der Waals surface area contributed by atoms with E-state index in [2.05, 4.69) is 45.1 Å². The Morgan fingerprint density at radius 1 is 1.22 bits per heavy atom. The number of likely N-dealkylation sites (tertiary alicyclic amines) is 1. The number of imidazole rings is 1. The molecule has 2 heterocycles. The zero-order valence-electron chi connectivity index (χ0n) is 16.7. The molecule has 0 spiro atoms. The smallest absolute Gasteiger partial charge is 0.191 e. The van der Waals surface area contributed by atoms with Crippen LogP contribution in [0.1, 0.15) is 32.0 Å². The molecule has 0 atom stereocenters. The molecule has 1 aliphatic rings. The topological polar surface area (TPSA) is 57.5 Å². The molecule has 2 N–H and O–H groups in total. The predicted molar refractivity (Wildman–Crippen MR) is 124 cm³/mol. The summed E-state index contributed by atoms with van der Waals surface area (Å²) in [4.78, 5) is 11.6. The van der Waals surface area contributed by atoms with Crippen molar-refractivity contribution in [1.29, 1.82) is 0 Å². The Balaban J connectivity index is 0.00000261. The third kappa shape index (κ3) is 6.07. The van der Waals surface area contributed by atoms with Crippen LogP contribution in [0.2, 0.25) is 0 Å². The van der Waals surface area contributed by atoms with Crippen LogP contribution >= 0.6 is 24.0 Å². The average molecular weight is 484 g/mol. The number of halogens is 1. The van der Waals surface area contributed by atoms with Crippen LogP contribution in [0.3, 0.4) is 0 Å². The first kappa shape index (κ1) is 21.9. The van der Waals surface area contributed by atoms with E-state index in [1.807, 2.05) is 25.2 Å². The summed E-state index contributed by atoms with van der Waals surface area (Å²) in [6, 6.07) is 8.22. The van der Waals surface area contributed by atoms with Gasteiger partial charge in [-0.05, 0) is 56.9 Å². The molecule has 0 bridgehead atoms. The highest BCUT2D eigenvalue weighted by Crippen LogP contribution is 2.16. The number of rotatable bonds is 6. The SMILES string of the molecule is CN=C(NCCCN1CCC(C)CC1)NCc1nc2ccccc2n1C.I. The van der Waals surface area contributed by atoms with E-state index in [9.17, 15) is 0 Å². The van der Waals surface area contributed by atoms with Crippen LogP contribution in [-0.2, 0) is 13.6 Å². The Hall–Kier alpha value is -1.35. The molecule has 1 saturated heterocycles. The number of nitrogens with one attached hydrogen (secondary N) is 2. The summed E-state index contributed by atoms with van der Waals surface area (Å²) in [7, 11) is 3.87. The van der Waals surface area contributed by atoms with Crippen LogP contribution < -0.4 is 10.6 Å². The number of hydrogen-bond acceptors (Lipinski definition) is 3. The van der Waals surface area contributed by atoms with Crippen molar-refractivity contribution in [1.82, 2.24) is 25.1 Å². The van der Waals surface area contributed by atoms with E-state index in [1.54, 1.807) is 0 Å². The van der Waals surface area contributed by atoms with Gasteiger partial charge in [-0.3, -0.25) is 4.99 Å². The summed E-state index contributed by atoms with van der Waals surface area (Å²) < 4.78 is 2.13. The van der Waals surface area contributed by atoms with Crippen LogP contribution in [0.4, 0.5) is 0 Å². The van der Waals surface area contributed by atoms with Gasteiger partial charge in [0.2, 0.25) is 0 Å². The molecular weight excluding hydrogens is 451 g/mol. The van der Waals surface area contributed by atoms with Gasteiger partial charge in [0, 0.05) is 20.6 Å². The van der Waals surface area contributed by atoms with Crippen molar-refractivity contribution in [2.75, 3.05) is 33.2 Å². The Kier molecular flexibility index (Phi) is 8.82. The first-order chi connectivity index (χ1) is 12.7. The first-order valence-corrected chi connectivity index (χ1v) is 9.74. The maximum Gasteiger partial charge on any atom is 0.191 e. The summed E-state index contributed by atoms with van der Waals surface area (Å²) in [5.74, 6) is 2.75. The number of piperidine rings is 1. The van der Waals surface area contributed by atoms with Gasteiger partial charge in [-0.25, -0.2) is 4.98 Å². The molecule has 150 valence electrons. The van der Waals surface area contributed by atoms with E-state index in [0.717, 1.165) is 41.7 Å². The van der Waals surface area contributed by atoms with Gasteiger partial charge in [-0.15, -0.1) is 24.0 Å². The van der Waals surface area contributed by atoms with Crippen molar-refractivity contribution in [2.24, 2.45) is 18.0 Å². The number of para-hydroxylation sites is 2. The van der Waals surface area contributed by atoms with Gasteiger partial charge < -0.3 is 20.1 Å². The predicted octanol–water partition coefficient (Wildman–Crippen LogP) is 2.98. The van der Waals surface area contributed by atoms with Gasteiger partial charge in [0.05, 0.1) is 17.6 Å². The largest absolute Gasteiger partial charge is 0.356 e. The summed E-state index contributed by atoms with van der Waals surface area (Å²) in [6.45, 7) is 7.63. The second-order valence-electron chi connectivity index (χ2n) is 7.31. The Morgan fingerprint density at radius 2 is 1.96 bits per heavy atom. The average Bonchev–Trinajstić information content (AvgIpc) is 2.99. The third-order valence-corrected chi connectivity index (χ3v) is 5.34. The van der Waals surface area contributed by atoms with E-state index < -0.39 is 0 Å². The first-order valence-electron chi connectivity index (χ1n) is 9.74. The number of guanidine groups is 1. The number of nitrogens with zero attached hydrogens (tertiary/aromatic N) is 4. The number of benzene rings is 1. The molecule has 6 nitrogen and oxygen atoms in total. The van der Waals surface area contributed by atoms with Gasteiger partial charge in [0.15, 0.2) is 5.96 Å². The monoisotopic (exact) mass is 484 g/mol. The lowest BCUT2D eigenvalue weighted by Gasteiger charge is -2.30. The molecule has 27 heavy (non-hydrogen) atoms. The minimum atomic E-state index is 0. The second-order valence-corrected chi connectivity index (χ2v) is 7.31. The molecule has 1 fully saturated rings. The third-order valence-electron chi connectivity index (χ3n) is 5.34. The quantitative estimate of drug-likeness (QED) is 0.287. The lowest BCUT2D eigenvalue weighted by molar-refractivity contribution is 0.191. The molecule has 0 aliphatic carbocycles. The standard InChI is InChI=1S/C20H32N6.HI/c1-16-9-13-26(14-10-16)12-6-11-22-20(21-2)23-15-19-24-17-7-4-5-8-18(17)25(19)3;/h4-5,7-8,16H,6,9-15H2,1-3H3,(H2,21,22,23);1H. The van der Waals surface area contributed by atoms with Crippen molar-refractivity contribution >= 4 is 41.0 Å². The Labute approximate surface area is 179 Å². The van der Waals surface area contributed by atoms with Crippen molar-refractivity contribution in [2.45, 2.75) is 32.7 Å². The molecule has 0 radical (unpaired) electrons. The van der Waals surface area contributed by atoms with Gasteiger partial charge in [0.25, 0.3) is 0 Å². The van der Waals surface area contributed by atoms with Crippen LogP contribution in [0.15, 0.2) is 29.3 Å². The van der Waals surface area contributed by atoms with E-state index in [1.165, 1.54) is 32.5 Å². The van der Waals surface area contributed by atoms with Gasteiger partial charge >= 0.3 is 0 Å². The van der Waals surface area contributed by atoms with Crippen molar-refractivity contribution in [3.63, 3.8) is 0 Å². The van der Waals surface area contributed by atoms with Crippen LogP contribution in [0.5, 0.6) is 0 Å². The molecule has 2 aromatic rings. The number of aliphatic imine (C=N–C) groups is 1. The molecule has 1 aliphatic heterocycles. The van der Waals surface area contributed by atoms with Crippen LogP contribution in [0, 0.1) is 5.92 Å². The molecule has 3 rings (SSSR count). The Bertz CT molecular complexity index is 733. The maximum atomic E-state index is 4.69. The van der Waals surface area contributed by atoms with Crippen LogP contribution in [-0.4, -0.2) is 53.6 Å². The lowest BCUT2D eigenvalue weighted by atomic mass is 9.99. The number of aromatic nitrogens is 2. The fourth-order valence-electron chi connectivity index (χ4n) is 3.53. The minimum absolute atomic E-state index is 0. The summed E-state index contributed by atoms with van der Waals surface area (Å²) >= 11 is 0. The van der Waals surface area contributed by atoms with E-state index in [0.29, 0.717) is 6.54 Å². The summed E-state index contributed by atoms with van der Waals surface area (Å²) in [5.41, 5.74) is 2.19. The molecular formula is C20H33IN6. The number of hydrogen-bond donors (Lipinski definition) is 2. The molecule has 1 aromatic heterocycles. The molecule has 1 aromatic carbocycles. The molecule has 0 unspecified atom stereocenters. The van der Waals surface area contributed by atoms with Crippen molar-refractivity contribution in [3.8, 4) is 0 Å². The lowest BCUT2D eigenvalue weighted by Crippen LogP contribution is -2.39. The van der Waals surface area contributed by atoms with Crippen molar-refractivity contribution in [3.05, 3.63) is 30.1 Å². The van der Waals surface area contributed by atoms with Crippen molar-refractivity contribution < 1.29 is 0 Å². The summed E-state index contributed by atoms with van der Waals surface area (Å²) in [6.07, 6.45) is 3.82. The minimum Gasteiger partial charge on any atom is -0.356 e. The molecule has 0 amide bonds. The fraction of sp³-hybridized carbons (Fsp3) is 0.600. The zero-order chi connectivity index (χ0) is 18.4. The molecule has 0 saturated carbocycles. The zero-order valence-corrected chi connectivity index (χ0v) is 19.1. The normalized spacial score (nSPS) is 16.3. The van der Waals surface area contributed by atoms with Gasteiger partial charge in [-0.1, -0.05) is 19.1 Å². The van der Waals surface area contributed by atoms with Crippen LogP contribution in [0.25, 0.3) is 11.0 Å². The maximum absolute atomic E-state index is 4.69. The van der Waals surface area contributed by atoms with E-state index in [-0.39, 0.29) is 24.0 Å². The number of aryl methyl sites for hydroxylation is 1. The summed E-state index contributed by atoms with van der Waals surface area (Å²) in [5, 5.41) is 6.79. The highest BCUT2D eigenvalue weighted by Gasteiger charge is 2.14. The van der Waals surface area contributed by atoms with Gasteiger partial charge in [-0.2, -0.15) is 0 Å². The van der Waals surface area contributed by atoms with E-state index >= 15 is 0 Å². The molecule has 7 heteroatoms. The Morgan fingerprint density at radius 3 is 2.67 bits per heavy atom.